The monoisotopic (exact) mass is 365 g/mol. The van der Waals surface area contributed by atoms with Gasteiger partial charge in [-0.25, -0.2) is 0 Å². The minimum absolute atomic E-state index is 0.231. The van der Waals surface area contributed by atoms with Gasteiger partial charge in [-0.15, -0.1) is 0 Å². The van der Waals surface area contributed by atoms with Gasteiger partial charge in [0.15, 0.2) is 11.3 Å². The molecule has 0 aliphatic carbocycles. The highest BCUT2D eigenvalue weighted by atomic mass is 16.5. The fourth-order valence-electron chi connectivity index (χ4n) is 3.79. The van der Waals surface area contributed by atoms with Gasteiger partial charge in [0, 0.05) is 64.6 Å². The van der Waals surface area contributed by atoms with E-state index in [4.69, 9.17) is 4.74 Å². The maximum absolute atomic E-state index is 12.8. The minimum Gasteiger partial charge on any atom is -0.383 e. The molecule has 0 saturated carbocycles. The second-order valence-corrected chi connectivity index (χ2v) is 6.99. The molecule has 9 heteroatoms. The molecule has 0 bridgehead atoms. The zero-order valence-electron chi connectivity index (χ0n) is 15.4. The number of ether oxygens (including phenoxy) is 1. The summed E-state index contributed by atoms with van der Waals surface area (Å²) < 4.78 is 5.05. The summed E-state index contributed by atoms with van der Waals surface area (Å²) in [6, 6.07) is 0. The van der Waals surface area contributed by atoms with Crippen molar-refractivity contribution < 1.29 is 19.4 Å². The number of carbonyl (C=O) groups excluding carboxylic acids is 2. The number of piperidine rings is 1. The molecule has 2 aliphatic heterocycles. The standard InChI is InChI=1S/C17H27N5O4/c1-18-15(23)14-12-10-21(7-4-13(12)19-20-14)11-17(25)5-3-6-22(16(17)24)8-9-26-2/h25H,3-11H2,1-2H3,(H,18,23)(H,19,20). The molecule has 9 nitrogen and oxygen atoms in total. The van der Waals surface area contributed by atoms with E-state index in [1.807, 2.05) is 4.90 Å². The van der Waals surface area contributed by atoms with Gasteiger partial charge in [0.2, 0.25) is 0 Å². The van der Waals surface area contributed by atoms with Crippen molar-refractivity contribution in [3.63, 3.8) is 0 Å². The highest BCUT2D eigenvalue weighted by molar-refractivity contribution is 5.93. The van der Waals surface area contributed by atoms with Crippen LogP contribution in [0.3, 0.4) is 0 Å². The molecule has 26 heavy (non-hydrogen) atoms. The first-order valence-electron chi connectivity index (χ1n) is 8.99. The largest absolute Gasteiger partial charge is 0.383 e. The Kier molecular flexibility index (Phi) is 5.59. The summed E-state index contributed by atoms with van der Waals surface area (Å²) in [6.45, 7) is 3.05. The van der Waals surface area contributed by atoms with Crippen molar-refractivity contribution >= 4 is 11.8 Å². The number of nitrogens with zero attached hydrogens (tertiary/aromatic N) is 3. The van der Waals surface area contributed by atoms with Crippen LogP contribution < -0.4 is 5.32 Å². The highest BCUT2D eigenvalue weighted by Gasteiger charge is 2.43. The second kappa shape index (κ2) is 7.73. The maximum Gasteiger partial charge on any atom is 0.271 e. The van der Waals surface area contributed by atoms with Gasteiger partial charge in [-0.1, -0.05) is 0 Å². The maximum atomic E-state index is 12.8. The number of rotatable bonds is 6. The Bertz CT molecular complexity index is 676. The van der Waals surface area contributed by atoms with Crippen molar-refractivity contribution in [2.75, 3.05) is 46.9 Å². The summed E-state index contributed by atoms with van der Waals surface area (Å²) in [4.78, 5) is 28.4. The lowest BCUT2D eigenvalue weighted by molar-refractivity contribution is -0.160. The number of aliphatic hydroxyl groups is 1. The third-order valence-electron chi connectivity index (χ3n) is 5.21. The number of aromatic amines is 1. The number of hydrogen-bond donors (Lipinski definition) is 3. The summed E-state index contributed by atoms with van der Waals surface area (Å²) in [5.74, 6) is -0.465. The van der Waals surface area contributed by atoms with Crippen molar-refractivity contribution in [2.24, 2.45) is 0 Å². The molecule has 0 radical (unpaired) electrons. The van der Waals surface area contributed by atoms with E-state index in [0.29, 0.717) is 51.3 Å². The lowest BCUT2D eigenvalue weighted by Gasteiger charge is -2.41. The summed E-state index contributed by atoms with van der Waals surface area (Å²) in [5, 5.41) is 20.6. The molecule has 3 N–H and O–H groups in total. The number of nitrogens with one attached hydrogen (secondary N) is 2. The van der Waals surface area contributed by atoms with Crippen LogP contribution in [0.2, 0.25) is 0 Å². The molecule has 1 unspecified atom stereocenters. The van der Waals surface area contributed by atoms with Crippen LogP contribution >= 0.6 is 0 Å². The molecule has 3 heterocycles. The number of carbonyl (C=O) groups is 2. The molecule has 1 atom stereocenters. The van der Waals surface area contributed by atoms with Crippen LogP contribution in [0.4, 0.5) is 0 Å². The predicted molar refractivity (Wildman–Crippen MR) is 93.6 cm³/mol. The van der Waals surface area contributed by atoms with Gasteiger partial charge in [0.25, 0.3) is 11.8 Å². The van der Waals surface area contributed by atoms with Crippen molar-refractivity contribution in [2.45, 2.75) is 31.4 Å². The van der Waals surface area contributed by atoms with Crippen LogP contribution in [0.25, 0.3) is 0 Å². The van der Waals surface area contributed by atoms with Gasteiger partial charge < -0.3 is 20.1 Å². The van der Waals surface area contributed by atoms with E-state index in [2.05, 4.69) is 15.5 Å². The number of aromatic nitrogens is 2. The average Bonchev–Trinajstić information content (AvgIpc) is 3.05. The Hall–Kier alpha value is -1.97. The zero-order valence-corrected chi connectivity index (χ0v) is 15.4. The smallest absolute Gasteiger partial charge is 0.271 e. The van der Waals surface area contributed by atoms with Crippen molar-refractivity contribution in [3.8, 4) is 0 Å². The first kappa shape index (κ1) is 18.8. The van der Waals surface area contributed by atoms with E-state index < -0.39 is 5.60 Å². The third kappa shape index (κ3) is 3.60. The van der Waals surface area contributed by atoms with Gasteiger partial charge in [0.1, 0.15) is 0 Å². The topological polar surface area (TPSA) is 111 Å². The van der Waals surface area contributed by atoms with Gasteiger partial charge >= 0.3 is 0 Å². The van der Waals surface area contributed by atoms with E-state index in [0.717, 1.165) is 17.7 Å². The van der Waals surface area contributed by atoms with E-state index in [-0.39, 0.29) is 18.4 Å². The highest BCUT2D eigenvalue weighted by Crippen LogP contribution is 2.27. The minimum atomic E-state index is -1.39. The number of methoxy groups -OCH3 is 1. The van der Waals surface area contributed by atoms with Crippen LogP contribution in [0.5, 0.6) is 0 Å². The Morgan fingerprint density at radius 2 is 2.27 bits per heavy atom. The summed E-state index contributed by atoms with van der Waals surface area (Å²) >= 11 is 0. The second-order valence-electron chi connectivity index (χ2n) is 6.99. The molecule has 1 saturated heterocycles. The third-order valence-corrected chi connectivity index (χ3v) is 5.21. The van der Waals surface area contributed by atoms with Crippen molar-refractivity contribution in [1.82, 2.24) is 25.3 Å². The van der Waals surface area contributed by atoms with Crippen molar-refractivity contribution in [1.29, 1.82) is 0 Å². The molecule has 1 aromatic heterocycles. The first-order chi connectivity index (χ1) is 12.5. The van der Waals surface area contributed by atoms with Gasteiger partial charge in [0.05, 0.1) is 6.61 Å². The van der Waals surface area contributed by atoms with Crippen LogP contribution in [0.1, 0.15) is 34.6 Å². The Balaban J connectivity index is 1.70. The molecule has 0 spiro atoms. The van der Waals surface area contributed by atoms with E-state index in [9.17, 15) is 14.7 Å². The van der Waals surface area contributed by atoms with Gasteiger partial charge in [-0.05, 0) is 12.8 Å². The summed E-state index contributed by atoms with van der Waals surface area (Å²) in [6.07, 6.45) is 1.92. The normalized spacial score (nSPS) is 23.8. The predicted octanol–water partition coefficient (Wildman–Crippen LogP) is -0.873. The number of hydrogen-bond acceptors (Lipinski definition) is 6. The molecule has 1 aromatic rings. The molecule has 3 rings (SSSR count). The van der Waals surface area contributed by atoms with E-state index in [1.54, 1.807) is 19.1 Å². The number of amides is 2. The fourth-order valence-corrected chi connectivity index (χ4v) is 3.79. The number of β-amino-alcohol motifs (C(OH)–C–C–N with tert-alkyl or cyclic N) is 1. The molecule has 2 amide bonds. The molecule has 0 aromatic carbocycles. The molecule has 144 valence electrons. The Labute approximate surface area is 152 Å². The quantitative estimate of drug-likeness (QED) is 0.604. The van der Waals surface area contributed by atoms with Crippen LogP contribution in [-0.4, -0.2) is 89.5 Å². The van der Waals surface area contributed by atoms with Crippen LogP contribution in [0.15, 0.2) is 0 Å². The molecule has 1 fully saturated rings. The Morgan fingerprint density at radius 3 is 3.00 bits per heavy atom. The summed E-state index contributed by atoms with van der Waals surface area (Å²) in [7, 11) is 3.17. The molecule has 2 aliphatic rings. The number of fused-ring (bicyclic) bond motifs is 1. The number of likely N-dealkylation sites (tertiary alicyclic amines) is 1. The van der Waals surface area contributed by atoms with Crippen LogP contribution in [0, 0.1) is 0 Å². The average molecular weight is 365 g/mol. The first-order valence-corrected chi connectivity index (χ1v) is 8.99. The lowest BCUT2D eigenvalue weighted by atomic mass is 9.90. The SMILES string of the molecule is CNC(=O)c1n[nH]c2c1CN(CC1(O)CCCN(CCOC)C1=O)CC2. The fraction of sp³-hybridized carbons (Fsp3) is 0.706. The van der Waals surface area contributed by atoms with Gasteiger partial charge in [-0.2, -0.15) is 5.10 Å². The molecular weight excluding hydrogens is 338 g/mol. The van der Waals surface area contributed by atoms with Gasteiger partial charge in [-0.3, -0.25) is 19.6 Å². The van der Waals surface area contributed by atoms with Crippen molar-refractivity contribution in [3.05, 3.63) is 17.0 Å². The van der Waals surface area contributed by atoms with E-state index in [1.165, 1.54) is 0 Å². The number of H-pyrrole nitrogens is 1. The van der Waals surface area contributed by atoms with Crippen LogP contribution in [-0.2, 0) is 22.5 Å². The summed E-state index contributed by atoms with van der Waals surface area (Å²) in [5.41, 5.74) is 0.790. The zero-order chi connectivity index (χ0) is 18.7. The van der Waals surface area contributed by atoms with E-state index >= 15 is 0 Å². The Morgan fingerprint density at radius 1 is 1.46 bits per heavy atom. The molecular formula is C17H27N5O4. The lowest BCUT2D eigenvalue weighted by Crippen LogP contribution is -2.59.